The number of rotatable bonds is 5. The lowest BCUT2D eigenvalue weighted by Gasteiger charge is -2.13. The molecule has 3 aromatic heterocycles. The molecule has 1 aliphatic rings. The van der Waals surface area contributed by atoms with E-state index in [2.05, 4.69) is 10.3 Å². The van der Waals surface area contributed by atoms with Crippen LogP contribution >= 0.6 is 11.6 Å². The molecule has 1 N–H and O–H groups in total. The molecule has 0 bridgehead atoms. The van der Waals surface area contributed by atoms with E-state index in [0.717, 1.165) is 0 Å². The van der Waals surface area contributed by atoms with Crippen LogP contribution < -0.4 is 20.2 Å². The minimum absolute atomic E-state index is 0.0146. The van der Waals surface area contributed by atoms with Crippen LogP contribution in [0, 0.1) is 0 Å². The van der Waals surface area contributed by atoms with Crippen molar-refractivity contribution in [1.29, 1.82) is 0 Å². The first kappa shape index (κ1) is 19.8. The van der Waals surface area contributed by atoms with Crippen molar-refractivity contribution in [2.24, 2.45) is 0 Å². The summed E-state index contributed by atoms with van der Waals surface area (Å²) in [6.45, 7) is -0.181. The predicted molar refractivity (Wildman–Crippen MR) is 114 cm³/mol. The van der Waals surface area contributed by atoms with Gasteiger partial charge < -0.3 is 23.8 Å². The zero-order valence-corrected chi connectivity index (χ0v) is 17.1. The second-order valence-corrected chi connectivity index (χ2v) is 7.38. The average Bonchev–Trinajstić information content (AvgIpc) is 3.47. The van der Waals surface area contributed by atoms with E-state index in [1.807, 2.05) is 0 Å². The molecule has 0 aliphatic carbocycles. The molecule has 0 saturated carbocycles. The molecule has 1 aliphatic heterocycles. The number of carbonyl (C=O) groups excluding carboxylic acids is 2. The Morgan fingerprint density at radius 1 is 1.16 bits per heavy atom. The number of nitrogens with one attached hydrogen (secondary N) is 1. The average molecular weight is 452 g/mol. The predicted octanol–water partition coefficient (Wildman–Crippen LogP) is 3.24. The number of amides is 1. The van der Waals surface area contributed by atoms with Crippen molar-refractivity contribution >= 4 is 40.0 Å². The van der Waals surface area contributed by atoms with E-state index in [-0.39, 0.29) is 30.0 Å². The maximum Gasteiger partial charge on any atom is 0.245 e. The summed E-state index contributed by atoms with van der Waals surface area (Å²) in [6.07, 6.45) is 4.09. The van der Waals surface area contributed by atoms with Gasteiger partial charge in [-0.3, -0.25) is 14.4 Å². The molecule has 10 heteroatoms. The highest BCUT2D eigenvalue weighted by Gasteiger charge is 2.23. The van der Waals surface area contributed by atoms with Crippen molar-refractivity contribution < 1.29 is 23.5 Å². The highest BCUT2D eigenvalue weighted by molar-refractivity contribution is 6.30. The number of carbonyl (C=O) groups is 2. The fourth-order valence-electron chi connectivity index (χ4n) is 3.40. The molecule has 0 unspecified atom stereocenters. The quantitative estimate of drug-likeness (QED) is 0.463. The largest absolute Gasteiger partial charge is 0.461 e. The molecule has 0 fully saturated rings. The molecule has 160 valence electrons. The van der Waals surface area contributed by atoms with Gasteiger partial charge in [0.15, 0.2) is 17.3 Å². The Labute approximate surface area is 185 Å². The van der Waals surface area contributed by atoms with Crippen LogP contribution in [-0.2, 0) is 11.3 Å². The number of hydrogen-bond donors (Lipinski definition) is 1. The van der Waals surface area contributed by atoms with E-state index in [1.54, 1.807) is 24.3 Å². The fourth-order valence-corrected chi connectivity index (χ4v) is 3.51. The van der Waals surface area contributed by atoms with E-state index >= 15 is 0 Å². The lowest BCUT2D eigenvalue weighted by Crippen LogP contribution is -2.24. The monoisotopic (exact) mass is 451 g/mol. The highest BCUT2D eigenvalue weighted by Crippen LogP contribution is 2.35. The molecule has 9 nitrogen and oxygen atoms in total. The standard InChI is InChI=1S/C22H14ClN3O6/c23-12-3-4-19(24-8-12)25-20(27)10-26-9-14(22(29)16-2-1-5-30-16)21(28)13-6-17-18(7-15(13)26)32-11-31-17/h1-9H,10-11H2,(H,24,25,27). The molecular weight excluding hydrogens is 438 g/mol. The number of halogens is 1. The number of furan rings is 1. The second kappa shape index (κ2) is 7.86. The summed E-state index contributed by atoms with van der Waals surface area (Å²) in [5, 5.41) is 3.31. The van der Waals surface area contributed by atoms with E-state index in [4.69, 9.17) is 25.5 Å². The topological polar surface area (TPSA) is 113 Å². The zero-order valence-electron chi connectivity index (χ0n) is 16.3. The van der Waals surface area contributed by atoms with Crippen LogP contribution in [0.2, 0.25) is 5.02 Å². The van der Waals surface area contributed by atoms with Gasteiger partial charge in [0.25, 0.3) is 0 Å². The van der Waals surface area contributed by atoms with Gasteiger partial charge in [0, 0.05) is 18.5 Å². The summed E-state index contributed by atoms with van der Waals surface area (Å²) in [4.78, 5) is 42.7. The van der Waals surface area contributed by atoms with Crippen LogP contribution in [0.15, 0.2) is 64.3 Å². The van der Waals surface area contributed by atoms with Crippen LogP contribution in [0.4, 0.5) is 5.82 Å². The van der Waals surface area contributed by atoms with E-state index in [9.17, 15) is 14.4 Å². The minimum Gasteiger partial charge on any atom is -0.461 e. The molecule has 1 aromatic carbocycles. The molecule has 0 atom stereocenters. The van der Waals surface area contributed by atoms with E-state index < -0.39 is 17.1 Å². The molecule has 0 spiro atoms. The molecule has 4 aromatic rings. The number of anilines is 1. The Balaban J connectivity index is 1.59. The van der Waals surface area contributed by atoms with Gasteiger partial charge in [-0.15, -0.1) is 0 Å². The first-order valence-corrected chi connectivity index (χ1v) is 9.84. The summed E-state index contributed by atoms with van der Waals surface area (Å²) in [6, 6.07) is 9.29. The Bertz CT molecular complexity index is 1410. The molecule has 0 radical (unpaired) electrons. The van der Waals surface area contributed by atoms with Gasteiger partial charge in [0.1, 0.15) is 12.4 Å². The summed E-state index contributed by atoms with van der Waals surface area (Å²) in [5.74, 6) is 0.152. The molecule has 1 amide bonds. The fraction of sp³-hybridized carbons (Fsp3) is 0.0909. The van der Waals surface area contributed by atoms with Crippen molar-refractivity contribution in [2.45, 2.75) is 6.54 Å². The van der Waals surface area contributed by atoms with Gasteiger partial charge >= 0.3 is 0 Å². The number of ether oxygens (including phenoxy) is 2. The summed E-state index contributed by atoms with van der Waals surface area (Å²) in [7, 11) is 0. The van der Waals surface area contributed by atoms with Crippen LogP contribution in [0.5, 0.6) is 11.5 Å². The number of aromatic nitrogens is 2. The maximum atomic E-state index is 13.1. The van der Waals surface area contributed by atoms with Crippen LogP contribution in [0.25, 0.3) is 10.9 Å². The Kier molecular flexibility index (Phi) is 4.87. The van der Waals surface area contributed by atoms with Crippen molar-refractivity contribution in [3.8, 4) is 11.5 Å². The SMILES string of the molecule is O=C(Cn1cc(C(=O)c2ccco2)c(=O)c2cc3c(cc21)OCO3)Nc1ccc(Cl)cn1. The normalized spacial score (nSPS) is 12.2. The first-order valence-electron chi connectivity index (χ1n) is 9.46. The first-order chi connectivity index (χ1) is 15.5. The molecule has 0 saturated heterocycles. The van der Waals surface area contributed by atoms with Crippen LogP contribution in [0.3, 0.4) is 0 Å². The third-order valence-corrected chi connectivity index (χ3v) is 5.10. The highest BCUT2D eigenvalue weighted by atomic mass is 35.5. The van der Waals surface area contributed by atoms with Crippen molar-refractivity contribution in [3.63, 3.8) is 0 Å². The lowest BCUT2D eigenvalue weighted by atomic mass is 10.1. The molecule has 5 rings (SSSR count). The molecular formula is C22H14ClN3O6. The van der Waals surface area contributed by atoms with Gasteiger partial charge in [-0.25, -0.2) is 4.98 Å². The summed E-state index contributed by atoms with van der Waals surface area (Å²) in [5.41, 5.74) is -0.228. The van der Waals surface area contributed by atoms with Crippen LogP contribution in [0.1, 0.15) is 16.1 Å². The summed E-state index contributed by atoms with van der Waals surface area (Å²) < 4.78 is 17.4. The number of benzene rings is 1. The minimum atomic E-state index is -0.590. The van der Waals surface area contributed by atoms with Crippen molar-refractivity contribution in [2.75, 3.05) is 12.1 Å². The van der Waals surface area contributed by atoms with E-state index in [0.29, 0.717) is 27.9 Å². The van der Waals surface area contributed by atoms with Gasteiger partial charge in [-0.1, -0.05) is 11.6 Å². The lowest BCUT2D eigenvalue weighted by molar-refractivity contribution is -0.116. The Morgan fingerprint density at radius 2 is 1.97 bits per heavy atom. The smallest absolute Gasteiger partial charge is 0.245 e. The number of hydrogen-bond acceptors (Lipinski definition) is 7. The van der Waals surface area contributed by atoms with E-state index in [1.165, 1.54) is 35.4 Å². The summed E-state index contributed by atoms with van der Waals surface area (Å²) >= 11 is 5.82. The third kappa shape index (κ3) is 3.58. The van der Waals surface area contributed by atoms with Crippen molar-refractivity contribution in [1.82, 2.24) is 9.55 Å². The van der Waals surface area contributed by atoms with Gasteiger partial charge in [-0.05, 0) is 30.3 Å². The zero-order chi connectivity index (χ0) is 22.2. The number of pyridine rings is 2. The third-order valence-electron chi connectivity index (χ3n) is 4.87. The Hall–Kier alpha value is -4.11. The van der Waals surface area contributed by atoms with Crippen molar-refractivity contribution in [3.05, 3.63) is 81.6 Å². The van der Waals surface area contributed by atoms with Crippen LogP contribution in [-0.4, -0.2) is 28.0 Å². The van der Waals surface area contributed by atoms with Gasteiger partial charge in [0.05, 0.1) is 27.8 Å². The molecule has 32 heavy (non-hydrogen) atoms. The second-order valence-electron chi connectivity index (χ2n) is 6.94. The number of ketones is 1. The Morgan fingerprint density at radius 3 is 2.69 bits per heavy atom. The van der Waals surface area contributed by atoms with Gasteiger partial charge in [-0.2, -0.15) is 0 Å². The number of nitrogens with zero attached hydrogens (tertiary/aromatic N) is 2. The molecule has 4 heterocycles. The maximum absolute atomic E-state index is 13.1. The number of fused-ring (bicyclic) bond motifs is 2. The van der Waals surface area contributed by atoms with Gasteiger partial charge in [0.2, 0.25) is 23.9 Å².